The summed E-state index contributed by atoms with van der Waals surface area (Å²) in [4.78, 5) is 7.65. The Balaban J connectivity index is 2.05. The van der Waals surface area contributed by atoms with Gasteiger partial charge in [0, 0.05) is 18.4 Å². The highest BCUT2D eigenvalue weighted by atomic mass is 15.0. The minimum Gasteiger partial charge on any atom is -0.347 e. The van der Waals surface area contributed by atoms with Crippen LogP contribution < -0.4 is 5.32 Å². The Morgan fingerprint density at radius 1 is 1.32 bits per heavy atom. The molecule has 1 fully saturated rings. The molecule has 1 atom stereocenters. The van der Waals surface area contributed by atoms with Crippen molar-refractivity contribution in [2.75, 3.05) is 0 Å². The van der Waals surface area contributed by atoms with Crippen molar-refractivity contribution in [2.45, 2.75) is 72.4 Å². The monoisotopic (exact) mass is 263 g/mol. The zero-order chi connectivity index (χ0) is 14.1. The first kappa shape index (κ1) is 14.6. The quantitative estimate of drug-likeness (QED) is 0.860. The molecule has 0 aliphatic heterocycles. The number of H-pyrrole nitrogens is 1. The second kappa shape index (κ2) is 5.28. The fourth-order valence-electron chi connectivity index (χ4n) is 4.11. The van der Waals surface area contributed by atoms with Crippen LogP contribution in [0.5, 0.6) is 0 Å². The van der Waals surface area contributed by atoms with Gasteiger partial charge in [-0.15, -0.1) is 0 Å². The third-order valence-electron chi connectivity index (χ3n) is 4.25. The van der Waals surface area contributed by atoms with Crippen LogP contribution in [0, 0.1) is 10.8 Å². The van der Waals surface area contributed by atoms with Crippen LogP contribution in [-0.4, -0.2) is 16.0 Å². The van der Waals surface area contributed by atoms with Crippen LogP contribution >= 0.6 is 0 Å². The molecule has 2 N–H and O–H groups in total. The summed E-state index contributed by atoms with van der Waals surface area (Å²) < 4.78 is 0. The second-order valence-corrected chi connectivity index (χ2v) is 7.71. The van der Waals surface area contributed by atoms with E-state index in [1.807, 2.05) is 12.4 Å². The summed E-state index contributed by atoms with van der Waals surface area (Å²) in [7, 11) is 0. The molecule has 0 amide bonds. The minimum absolute atomic E-state index is 0.352. The average Bonchev–Trinajstić information content (AvgIpc) is 2.74. The van der Waals surface area contributed by atoms with E-state index in [9.17, 15) is 0 Å². The van der Waals surface area contributed by atoms with Gasteiger partial charge in [0.05, 0.1) is 6.04 Å². The number of imidazole rings is 1. The smallest absolute Gasteiger partial charge is 0.123 e. The Kier molecular flexibility index (Phi) is 4.05. The molecule has 0 radical (unpaired) electrons. The SMILES string of the molecule is CCC(NC1CC(C)(C)CC(C)(C)C1)c1ncc[nH]1. The largest absolute Gasteiger partial charge is 0.347 e. The van der Waals surface area contributed by atoms with Gasteiger partial charge in [-0.3, -0.25) is 0 Å². The lowest BCUT2D eigenvalue weighted by Crippen LogP contribution is -2.45. The summed E-state index contributed by atoms with van der Waals surface area (Å²) in [5.41, 5.74) is 0.863. The Bertz CT molecular complexity index is 376. The highest BCUT2D eigenvalue weighted by molar-refractivity contribution is 4.99. The van der Waals surface area contributed by atoms with Gasteiger partial charge in [0.1, 0.15) is 5.82 Å². The molecular weight excluding hydrogens is 234 g/mol. The van der Waals surface area contributed by atoms with E-state index in [0.717, 1.165) is 12.2 Å². The van der Waals surface area contributed by atoms with Gasteiger partial charge in [-0.05, 0) is 36.5 Å². The van der Waals surface area contributed by atoms with E-state index in [-0.39, 0.29) is 0 Å². The third-order valence-corrected chi connectivity index (χ3v) is 4.25. The first-order chi connectivity index (χ1) is 8.81. The van der Waals surface area contributed by atoms with Gasteiger partial charge in [0.15, 0.2) is 0 Å². The number of aromatic amines is 1. The molecular formula is C16H29N3. The molecule has 1 unspecified atom stereocenters. The lowest BCUT2D eigenvalue weighted by Gasteiger charge is -2.46. The number of rotatable bonds is 4. The standard InChI is InChI=1S/C16H29N3/c1-6-13(14-17-7-8-18-14)19-12-9-15(2,3)11-16(4,5)10-12/h7-8,12-13,19H,6,9-11H2,1-5H3,(H,17,18). The fourth-order valence-corrected chi connectivity index (χ4v) is 4.11. The van der Waals surface area contributed by atoms with Crippen LogP contribution in [0.15, 0.2) is 12.4 Å². The number of hydrogen-bond acceptors (Lipinski definition) is 2. The van der Waals surface area contributed by atoms with Crippen LogP contribution in [0.2, 0.25) is 0 Å². The first-order valence-electron chi connectivity index (χ1n) is 7.57. The third kappa shape index (κ3) is 3.82. The van der Waals surface area contributed by atoms with Crippen LogP contribution in [0.4, 0.5) is 0 Å². The number of hydrogen-bond donors (Lipinski definition) is 2. The summed E-state index contributed by atoms with van der Waals surface area (Å²) in [5, 5.41) is 3.83. The Hall–Kier alpha value is -0.830. The topological polar surface area (TPSA) is 40.7 Å². The molecule has 2 rings (SSSR count). The molecule has 0 aromatic carbocycles. The maximum absolute atomic E-state index is 4.41. The van der Waals surface area contributed by atoms with Crippen molar-refractivity contribution in [1.82, 2.24) is 15.3 Å². The van der Waals surface area contributed by atoms with Crippen molar-refractivity contribution in [3.63, 3.8) is 0 Å². The summed E-state index contributed by atoms with van der Waals surface area (Å²) in [6.45, 7) is 11.8. The first-order valence-corrected chi connectivity index (χ1v) is 7.57. The van der Waals surface area contributed by atoms with Crippen LogP contribution in [0.1, 0.15) is 72.2 Å². The van der Waals surface area contributed by atoms with Gasteiger partial charge < -0.3 is 10.3 Å². The zero-order valence-electron chi connectivity index (χ0n) is 13.1. The van der Waals surface area contributed by atoms with Gasteiger partial charge in [-0.1, -0.05) is 34.6 Å². The summed E-state index contributed by atoms with van der Waals surface area (Å²) in [6.07, 6.45) is 8.66. The van der Waals surface area contributed by atoms with E-state index in [1.165, 1.54) is 19.3 Å². The predicted molar refractivity (Wildman–Crippen MR) is 80.0 cm³/mol. The zero-order valence-corrected chi connectivity index (χ0v) is 13.1. The maximum atomic E-state index is 4.41. The molecule has 1 heterocycles. The van der Waals surface area contributed by atoms with Crippen molar-refractivity contribution in [2.24, 2.45) is 10.8 Å². The van der Waals surface area contributed by atoms with Crippen LogP contribution in [0.3, 0.4) is 0 Å². The maximum Gasteiger partial charge on any atom is 0.123 e. The lowest BCUT2D eigenvalue weighted by atomic mass is 9.63. The highest BCUT2D eigenvalue weighted by Gasteiger charge is 2.38. The predicted octanol–water partition coefficient (Wildman–Crippen LogP) is 4.06. The van der Waals surface area contributed by atoms with E-state index >= 15 is 0 Å². The summed E-state index contributed by atoms with van der Waals surface area (Å²) >= 11 is 0. The van der Waals surface area contributed by atoms with Gasteiger partial charge in [0.25, 0.3) is 0 Å². The van der Waals surface area contributed by atoms with E-state index in [4.69, 9.17) is 0 Å². The van der Waals surface area contributed by atoms with Crippen molar-refractivity contribution < 1.29 is 0 Å². The lowest BCUT2D eigenvalue weighted by molar-refractivity contribution is 0.0794. The molecule has 1 aliphatic rings. The minimum atomic E-state index is 0.352. The van der Waals surface area contributed by atoms with Crippen molar-refractivity contribution >= 4 is 0 Å². The number of aromatic nitrogens is 2. The van der Waals surface area contributed by atoms with Crippen molar-refractivity contribution in [3.05, 3.63) is 18.2 Å². The van der Waals surface area contributed by atoms with E-state index in [1.54, 1.807) is 0 Å². The van der Waals surface area contributed by atoms with E-state index in [2.05, 4.69) is 49.9 Å². The van der Waals surface area contributed by atoms with E-state index in [0.29, 0.717) is 22.9 Å². The molecule has 108 valence electrons. The molecule has 0 spiro atoms. The fraction of sp³-hybridized carbons (Fsp3) is 0.812. The molecule has 1 saturated carbocycles. The highest BCUT2D eigenvalue weighted by Crippen LogP contribution is 2.46. The number of nitrogens with zero attached hydrogens (tertiary/aromatic N) is 1. The molecule has 3 nitrogen and oxygen atoms in total. The average molecular weight is 263 g/mol. The molecule has 1 aromatic rings. The molecule has 0 bridgehead atoms. The van der Waals surface area contributed by atoms with Gasteiger partial charge >= 0.3 is 0 Å². The molecule has 3 heteroatoms. The van der Waals surface area contributed by atoms with Gasteiger partial charge in [-0.25, -0.2) is 4.98 Å². The van der Waals surface area contributed by atoms with Crippen molar-refractivity contribution in [1.29, 1.82) is 0 Å². The Morgan fingerprint density at radius 3 is 2.42 bits per heavy atom. The Labute approximate surface area is 117 Å². The Morgan fingerprint density at radius 2 is 1.95 bits per heavy atom. The van der Waals surface area contributed by atoms with Gasteiger partial charge in [-0.2, -0.15) is 0 Å². The normalized spacial score (nSPS) is 24.3. The van der Waals surface area contributed by atoms with Crippen LogP contribution in [0.25, 0.3) is 0 Å². The molecule has 0 saturated heterocycles. The van der Waals surface area contributed by atoms with Crippen molar-refractivity contribution in [3.8, 4) is 0 Å². The number of nitrogens with one attached hydrogen (secondary N) is 2. The molecule has 19 heavy (non-hydrogen) atoms. The molecule has 1 aromatic heterocycles. The van der Waals surface area contributed by atoms with Crippen LogP contribution in [-0.2, 0) is 0 Å². The summed E-state index contributed by atoms with van der Waals surface area (Å²) in [6, 6.07) is 0.943. The molecule has 1 aliphatic carbocycles. The summed E-state index contributed by atoms with van der Waals surface area (Å²) in [5.74, 6) is 1.07. The van der Waals surface area contributed by atoms with E-state index < -0.39 is 0 Å². The second-order valence-electron chi connectivity index (χ2n) is 7.71. The van der Waals surface area contributed by atoms with Gasteiger partial charge in [0.2, 0.25) is 0 Å².